The molecular weight excluding hydrogens is 354 g/mol. The van der Waals surface area contributed by atoms with Gasteiger partial charge in [0.15, 0.2) is 5.96 Å². The molecule has 0 saturated carbocycles. The third-order valence-electron chi connectivity index (χ3n) is 4.76. The van der Waals surface area contributed by atoms with Crippen molar-refractivity contribution in [1.29, 1.82) is 0 Å². The number of aliphatic imine (C=N–C) groups is 1. The lowest BCUT2D eigenvalue weighted by Gasteiger charge is -2.38. The second-order valence-corrected chi connectivity index (χ2v) is 6.52. The Hall–Kier alpha value is -2.96. The van der Waals surface area contributed by atoms with Crippen LogP contribution in [0.2, 0.25) is 0 Å². The van der Waals surface area contributed by atoms with Gasteiger partial charge in [0.05, 0.1) is 26.5 Å². The Morgan fingerprint density at radius 2 is 1.86 bits per heavy atom. The molecule has 2 aromatic rings. The Morgan fingerprint density at radius 1 is 1.07 bits per heavy atom. The zero-order valence-electron chi connectivity index (χ0n) is 16.9. The number of aromatic nitrogens is 1. The molecule has 28 heavy (non-hydrogen) atoms. The Balaban J connectivity index is 1.63. The number of guanidine groups is 1. The number of methoxy groups -OCH3 is 2. The first kappa shape index (κ1) is 19.8. The lowest BCUT2D eigenvalue weighted by Crippen LogP contribution is -2.52. The quantitative estimate of drug-likeness (QED) is 0.610. The van der Waals surface area contributed by atoms with Crippen molar-refractivity contribution in [3.63, 3.8) is 0 Å². The molecule has 1 aromatic carbocycles. The van der Waals surface area contributed by atoms with Gasteiger partial charge < -0.3 is 24.6 Å². The molecule has 1 saturated heterocycles. The molecule has 0 unspecified atom stereocenters. The van der Waals surface area contributed by atoms with Gasteiger partial charge in [0.1, 0.15) is 5.75 Å². The van der Waals surface area contributed by atoms with Crippen LogP contribution in [0.5, 0.6) is 11.6 Å². The van der Waals surface area contributed by atoms with E-state index in [0.29, 0.717) is 12.4 Å². The zero-order chi connectivity index (χ0) is 19.8. The first-order valence-corrected chi connectivity index (χ1v) is 9.65. The number of nitrogens with one attached hydrogen (secondary N) is 1. The predicted molar refractivity (Wildman–Crippen MR) is 112 cm³/mol. The van der Waals surface area contributed by atoms with Crippen molar-refractivity contribution in [2.45, 2.75) is 13.5 Å². The van der Waals surface area contributed by atoms with Gasteiger partial charge in [0.2, 0.25) is 5.88 Å². The number of anilines is 1. The van der Waals surface area contributed by atoms with Gasteiger partial charge in [0, 0.05) is 45.0 Å². The van der Waals surface area contributed by atoms with Crippen LogP contribution in [0.15, 0.2) is 47.6 Å². The van der Waals surface area contributed by atoms with Crippen LogP contribution in [-0.4, -0.2) is 62.8 Å². The summed E-state index contributed by atoms with van der Waals surface area (Å²) in [6.45, 7) is 7.19. The Kier molecular flexibility index (Phi) is 6.94. The van der Waals surface area contributed by atoms with Crippen molar-refractivity contribution in [3.8, 4) is 11.6 Å². The highest BCUT2D eigenvalue weighted by molar-refractivity contribution is 5.80. The van der Waals surface area contributed by atoms with Crippen LogP contribution in [0.4, 0.5) is 5.69 Å². The van der Waals surface area contributed by atoms with Crippen molar-refractivity contribution >= 4 is 11.6 Å². The molecule has 7 nitrogen and oxygen atoms in total. The maximum absolute atomic E-state index is 5.51. The molecule has 0 bridgehead atoms. The second kappa shape index (κ2) is 9.82. The third-order valence-corrected chi connectivity index (χ3v) is 4.76. The van der Waals surface area contributed by atoms with E-state index >= 15 is 0 Å². The number of hydrogen-bond donors (Lipinski definition) is 1. The number of hydrogen-bond acceptors (Lipinski definition) is 5. The van der Waals surface area contributed by atoms with Gasteiger partial charge in [-0.15, -0.1) is 0 Å². The van der Waals surface area contributed by atoms with Crippen molar-refractivity contribution in [2.75, 3.05) is 51.8 Å². The third kappa shape index (κ3) is 4.85. The lowest BCUT2D eigenvalue weighted by molar-refractivity contribution is 0.367. The predicted octanol–water partition coefficient (Wildman–Crippen LogP) is 2.39. The molecule has 1 aliphatic rings. The largest absolute Gasteiger partial charge is 0.495 e. The van der Waals surface area contributed by atoms with Crippen LogP contribution in [0.3, 0.4) is 0 Å². The maximum Gasteiger partial charge on any atom is 0.212 e. The summed E-state index contributed by atoms with van der Waals surface area (Å²) >= 11 is 0. The van der Waals surface area contributed by atoms with E-state index in [4.69, 9.17) is 14.5 Å². The van der Waals surface area contributed by atoms with Crippen LogP contribution < -0.4 is 19.7 Å². The van der Waals surface area contributed by atoms with Crippen molar-refractivity contribution < 1.29 is 9.47 Å². The number of nitrogens with zero attached hydrogens (tertiary/aromatic N) is 4. The van der Waals surface area contributed by atoms with Crippen LogP contribution in [0.1, 0.15) is 12.5 Å². The van der Waals surface area contributed by atoms with Gasteiger partial charge >= 0.3 is 0 Å². The van der Waals surface area contributed by atoms with E-state index in [-0.39, 0.29) is 0 Å². The molecule has 1 aromatic heterocycles. The van der Waals surface area contributed by atoms with E-state index < -0.39 is 0 Å². The van der Waals surface area contributed by atoms with Crippen LogP contribution in [0.25, 0.3) is 0 Å². The lowest BCUT2D eigenvalue weighted by atomic mass is 10.2. The molecule has 2 heterocycles. The fourth-order valence-corrected chi connectivity index (χ4v) is 3.27. The molecule has 7 heteroatoms. The molecule has 0 amide bonds. The van der Waals surface area contributed by atoms with Gasteiger partial charge in [-0.3, -0.25) is 0 Å². The topological polar surface area (TPSA) is 62.2 Å². The SMILES string of the molecule is CCNC(=NCc1ccc(OC)nc1)N1CCN(c2ccccc2OC)CC1. The minimum Gasteiger partial charge on any atom is -0.495 e. The summed E-state index contributed by atoms with van der Waals surface area (Å²) in [5, 5.41) is 3.41. The van der Waals surface area contributed by atoms with Gasteiger partial charge in [-0.1, -0.05) is 18.2 Å². The summed E-state index contributed by atoms with van der Waals surface area (Å²) < 4.78 is 10.6. The molecule has 0 atom stereocenters. The molecule has 1 aliphatic heterocycles. The minimum absolute atomic E-state index is 0.589. The summed E-state index contributed by atoms with van der Waals surface area (Å²) in [5.41, 5.74) is 2.21. The van der Waals surface area contributed by atoms with Gasteiger partial charge in [0.25, 0.3) is 0 Å². The molecule has 1 fully saturated rings. The summed E-state index contributed by atoms with van der Waals surface area (Å²) in [6, 6.07) is 12.0. The first-order chi connectivity index (χ1) is 13.7. The number of rotatable bonds is 6. The van der Waals surface area contributed by atoms with E-state index in [9.17, 15) is 0 Å². The summed E-state index contributed by atoms with van der Waals surface area (Å²) in [5.74, 6) is 2.48. The second-order valence-electron chi connectivity index (χ2n) is 6.52. The van der Waals surface area contributed by atoms with Crippen LogP contribution in [-0.2, 0) is 6.54 Å². The molecular formula is C21H29N5O2. The minimum atomic E-state index is 0.589. The van der Waals surface area contributed by atoms with Gasteiger partial charge in [-0.25, -0.2) is 9.98 Å². The molecule has 0 aliphatic carbocycles. The highest BCUT2D eigenvalue weighted by Gasteiger charge is 2.21. The molecule has 1 N–H and O–H groups in total. The first-order valence-electron chi connectivity index (χ1n) is 9.65. The number of piperazine rings is 1. The van der Waals surface area contributed by atoms with Crippen LogP contribution >= 0.6 is 0 Å². The Bertz CT molecular complexity index is 771. The van der Waals surface area contributed by atoms with E-state index in [2.05, 4.69) is 39.2 Å². The molecule has 150 valence electrons. The molecule has 0 radical (unpaired) electrons. The van der Waals surface area contributed by atoms with Gasteiger partial charge in [-0.2, -0.15) is 0 Å². The highest BCUT2D eigenvalue weighted by Crippen LogP contribution is 2.28. The maximum atomic E-state index is 5.51. The van der Waals surface area contributed by atoms with E-state index in [1.165, 1.54) is 0 Å². The van der Waals surface area contributed by atoms with Gasteiger partial charge in [-0.05, 0) is 24.6 Å². The number of ether oxygens (including phenoxy) is 2. The zero-order valence-corrected chi connectivity index (χ0v) is 16.9. The number of benzene rings is 1. The molecule has 3 rings (SSSR count). The average Bonchev–Trinajstić information content (AvgIpc) is 2.77. The number of para-hydroxylation sites is 2. The van der Waals surface area contributed by atoms with E-state index in [1.54, 1.807) is 14.2 Å². The Morgan fingerprint density at radius 3 is 2.50 bits per heavy atom. The van der Waals surface area contributed by atoms with E-state index in [0.717, 1.165) is 55.7 Å². The highest BCUT2D eigenvalue weighted by atomic mass is 16.5. The summed E-state index contributed by atoms with van der Waals surface area (Å²) in [6.07, 6.45) is 1.81. The fraction of sp³-hybridized carbons (Fsp3) is 0.429. The standard InChI is InChI=1S/C21H29N5O2/c1-4-22-21(24-16-17-9-10-20(28-3)23-15-17)26-13-11-25(12-14-26)18-7-5-6-8-19(18)27-2/h5-10,15H,4,11-14,16H2,1-3H3,(H,22,24). The normalized spacial score (nSPS) is 14.8. The number of pyridine rings is 1. The van der Waals surface area contributed by atoms with Crippen LogP contribution in [0, 0.1) is 0 Å². The Labute approximate surface area is 167 Å². The van der Waals surface area contributed by atoms with Crippen molar-refractivity contribution in [3.05, 3.63) is 48.2 Å². The molecule has 0 spiro atoms. The fourth-order valence-electron chi connectivity index (χ4n) is 3.27. The average molecular weight is 383 g/mol. The van der Waals surface area contributed by atoms with Crippen molar-refractivity contribution in [1.82, 2.24) is 15.2 Å². The smallest absolute Gasteiger partial charge is 0.212 e. The summed E-state index contributed by atoms with van der Waals surface area (Å²) in [4.78, 5) is 13.7. The summed E-state index contributed by atoms with van der Waals surface area (Å²) in [7, 11) is 3.34. The monoisotopic (exact) mass is 383 g/mol. The van der Waals surface area contributed by atoms with E-state index in [1.807, 2.05) is 30.5 Å². The van der Waals surface area contributed by atoms with Crippen molar-refractivity contribution in [2.24, 2.45) is 4.99 Å².